The van der Waals surface area contributed by atoms with Crippen LogP contribution >= 0.6 is 0 Å². The largest absolute Gasteiger partial charge is 0.349 e. The maximum absolute atomic E-state index is 12.7. The minimum absolute atomic E-state index is 0.0678. The molecule has 1 amide bonds. The molecule has 0 saturated heterocycles. The van der Waals surface area contributed by atoms with Gasteiger partial charge in [0, 0.05) is 12.1 Å². The fourth-order valence-electron chi connectivity index (χ4n) is 5.96. The third kappa shape index (κ3) is 2.50. The molecule has 0 radical (unpaired) electrons. The normalized spacial score (nSPS) is 34.8. The van der Waals surface area contributed by atoms with Crippen molar-refractivity contribution in [3.63, 3.8) is 0 Å². The van der Waals surface area contributed by atoms with E-state index in [9.17, 15) is 14.9 Å². The van der Waals surface area contributed by atoms with Gasteiger partial charge in [-0.1, -0.05) is 12.1 Å². The van der Waals surface area contributed by atoms with Crippen molar-refractivity contribution < 1.29 is 9.72 Å². The lowest BCUT2D eigenvalue weighted by Crippen LogP contribution is -2.55. The molecule has 4 fully saturated rings. The molecule has 4 saturated carbocycles. The van der Waals surface area contributed by atoms with Crippen molar-refractivity contribution in [2.45, 2.75) is 51.5 Å². The van der Waals surface area contributed by atoms with Gasteiger partial charge in [-0.2, -0.15) is 0 Å². The molecule has 5 rings (SSSR count). The molecule has 0 spiro atoms. The molecule has 128 valence electrons. The molecular weight excluding hydrogens is 304 g/mol. The van der Waals surface area contributed by atoms with E-state index in [-0.39, 0.29) is 28.6 Å². The SMILES string of the molecule is C[C@H](NC(=O)c1ccccc1[N+](=O)[O-])C12CC3CC(CC(C3)C1)C2. The lowest BCUT2D eigenvalue weighted by atomic mass is 9.48. The highest BCUT2D eigenvalue weighted by Gasteiger charge is 2.53. The Morgan fingerprint density at radius 2 is 1.71 bits per heavy atom. The van der Waals surface area contributed by atoms with Crippen LogP contribution in [0.3, 0.4) is 0 Å². The van der Waals surface area contributed by atoms with Crippen LogP contribution in [0.25, 0.3) is 0 Å². The maximum atomic E-state index is 12.7. The highest BCUT2D eigenvalue weighted by atomic mass is 16.6. The second-order valence-electron chi connectivity index (χ2n) is 8.25. The van der Waals surface area contributed by atoms with Gasteiger partial charge < -0.3 is 5.32 Å². The molecular formula is C19H24N2O3. The molecule has 1 aromatic rings. The van der Waals surface area contributed by atoms with Crippen molar-refractivity contribution >= 4 is 11.6 Å². The first kappa shape index (κ1) is 15.6. The number of nitrogens with zero attached hydrogens (tertiary/aromatic N) is 1. The quantitative estimate of drug-likeness (QED) is 0.672. The van der Waals surface area contributed by atoms with Crippen LogP contribution in [-0.2, 0) is 0 Å². The molecule has 0 aliphatic heterocycles. The molecule has 1 aromatic carbocycles. The van der Waals surface area contributed by atoms with Crippen LogP contribution in [0.2, 0.25) is 0 Å². The zero-order valence-corrected chi connectivity index (χ0v) is 14.0. The number of amides is 1. The number of hydrogen-bond acceptors (Lipinski definition) is 3. The van der Waals surface area contributed by atoms with Gasteiger partial charge in [-0.3, -0.25) is 14.9 Å². The fourth-order valence-corrected chi connectivity index (χ4v) is 5.96. The summed E-state index contributed by atoms with van der Waals surface area (Å²) in [5.41, 5.74) is 0.250. The predicted octanol–water partition coefficient (Wildman–Crippen LogP) is 3.93. The van der Waals surface area contributed by atoms with Crippen LogP contribution in [0.5, 0.6) is 0 Å². The van der Waals surface area contributed by atoms with E-state index in [1.54, 1.807) is 18.2 Å². The Balaban J connectivity index is 1.53. The van der Waals surface area contributed by atoms with E-state index in [4.69, 9.17) is 0 Å². The summed E-state index contributed by atoms with van der Waals surface area (Å²) in [7, 11) is 0. The number of rotatable bonds is 4. The summed E-state index contributed by atoms with van der Waals surface area (Å²) in [5.74, 6) is 2.15. The highest BCUT2D eigenvalue weighted by molar-refractivity contribution is 5.98. The Hall–Kier alpha value is -1.91. The van der Waals surface area contributed by atoms with Crippen molar-refractivity contribution in [3.8, 4) is 0 Å². The van der Waals surface area contributed by atoms with Crippen molar-refractivity contribution in [2.75, 3.05) is 0 Å². The van der Waals surface area contributed by atoms with Gasteiger partial charge in [0.2, 0.25) is 0 Å². The van der Waals surface area contributed by atoms with E-state index >= 15 is 0 Å². The Morgan fingerprint density at radius 1 is 1.17 bits per heavy atom. The number of nitrogens with one attached hydrogen (secondary N) is 1. The molecule has 24 heavy (non-hydrogen) atoms. The van der Waals surface area contributed by atoms with E-state index in [1.165, 1.54) is 44.6 Å². The number of hydrogen-bond donors (Lipinski definition) is 1. The monoisotopic (exact) mass is 328 g/mol. The zero-order chi connectivity index (χ0) is 16.9. The van der Waals surface area contributed by atoms with E-state index in [2.05, 4.69) is 12.2 Å². The summed E-state index contributed by atoms with van der Waals surface area (Å²) in [6.45, 7) is 2.10. The Bertz CT molecular complexity index is 650. The zero-order valence-electron chi connectivity index (χ0n) is 14.0. The topological polar surface area (TPSA) is 72.2 Å². The molecule has 1 N–H and O–H groups in total. The third-order valence-electron chi connectivity index (χ3n) is 6.70. The van der Waals surface area contributed by atoms with Crippen LogP contribution in [-0.4, -0.2) is 16.9 Å². The smallest absolute Gasteiger partial charge is 0.282 e. The molecule has 4 bridgehead atoms. The molecule has 5 heteroatoms. The van der Waals surface area contributed by atoms with Crippen LogP contribution in [0.15, 0.2) is 24.3 Å². The Kier molecular flexibility index (Phi) is 3.62. The Labute approximate surface area is 142 Å². The second kappa shape index (κ2) is 5.57. The van der Waals surface area contributed by atoms with Crippen LogP contribution in [0, 0.1) is 33.3 Å². The summed E-state index contributed by atoms with van der Waals surface area (Å²) in [6, 6.07) is 6.28. The minimum atomic E-state index is -0.482. The van der Waals surface area contributed by atoms with Gasteiger partial charge in [0.1, 0.15) is 5.56 Å². The molecule has 4 aliphatic carbocycles. The number of carbonyl (C=O) groups is 1. The first-order valence-electron chi connectivity index (χ1n) is 9.01. The summed E-state index contributed by atoms with van der Waals surface area (Å²) in [6.07, 6.45) is 7.71. The number of nitro benzene ring substituents is 1. The van der Waals surface area contributed by atoms with Gasteiger partial charge in [-0.25, -0.2) is 0 Å². The number of nitro groups is 1. The van der Waals surface area contributed by atoms with Gasteiger partial charge in [0.25, 0.3) is 11.6 Å². The molecule has 4 aliphatic rings. The van der Waals surface area contributed by atoms with Gasteiger partial charge in [-0.15, -0.1) is 0 Å². The summed E-state index contributed by atoms with van der Waals surface area (Å²) < 4.78 is 0. The van der Waals surface area contributed by atoms with E-state index in [0.29, 0.717) is 0 Å². The highest BCUT2D eigenvalue weighted by Crippen LogP contribution is 2.61. The standard InChI is InChI=1S/C19H24N2O3/c1-12(19-9-13-6-14(10-19)8-15(7-13)11-19)20-18(22)16-4-2-3-5-17(16)21(23)24/h2-5,12-15H,6-11H2,1H3,(H,20,22)/t12-,13?,14?,15?,19?/m0/s1. The first-order chi connectivity index (χ1) is 11.5. The lowest BCUT2D eigenvalue weighted by molar-refractivity contribution is -0.385. The number of benzene rings is 1. The molecule has 0 aromatic heterocycles. The van der Waals surface area contributed by atoms with Crippen molar-refractivity contribution in [3.05, 3.63) is 39.9 Å². The summed E-state index contributed by atoms with van der Waals surface area (Å²) in [4.78, 5) is 23.3. The molecule has 0 unspecified atom stereocenters. The maximum Gasteiger partial charge on any atom is 0.282 e. The average Bonchev–Trinajstić information content (AvgIpc) is 2.53. The van der Waals surface area contributed by atoms with Gasteiger partial charge in [0.05, 0.1) is 4.92 Å². The minimum Gasteiger partial charge on any atom is -0.349 e. The molecule has 1 atom stereocenters. The molecule has 0 heterocycles. The van der Waals surface area contributed by atoms with Crippen LogP contribution < -0.4 is 5.32 Å². The van der Waals surface area contributed by atoms with E-state index < -0.39 is 4.92 Å². The van der Waals surface area contributed by atoms with E-state index in [1.807, 2.05) is 0 Å². The van der Waals surface area contributed by atoms with Crippen LogP contribution in [0.1, 0.15) is 55.8 Å². The molecule has 5 nitrogen and oxygen atoms in total. The van der Waals surface area contributed by atoms with Crippen molar-refractivity contribution in [1.82, 2.24) is 5.32 Å². The fraction of sp³-hybridized carbons (Fsp3) is 0.632. The van der Waals surface area contributed by atoms with Crippen molar-refractivity contribution in [1.29, 1.82) is 0 Å². The summed E-state index contributed by atoms with van der Waals surface area (Å²) >= 11 is 0. The summed E-state index contributed by atoms with van der Waals surface area (Å²) in [5, 5.41) is 14.3. The Morgan fingerprint density at radius 3 is 2.25 bits per heavy atom. The number of carbonyl (C=O) groups excluding carboxylic acids is 1. The number of para-hydroxylation sites is 1. The predicted molar refractivity (Wildman–Crippen MR) is 90.6 cm³/mol. The average molecular weight is 328 g/mol. The van der Waals surface area contributed by atoms with Gasteiger partial charge >= 0.3 is 0 Å². The lowest BCUT2D eigenvalue weighted by Gasteiger charge is -2.59. The van der Waals surface area contributed by atoms with Gasteiger partial charge in [0.15, 0.2) is 0 Å². The third-order valence-corrected chi connectivity index (χ3v) is 6.70. The van der Waals surface area contributed by atoms with Crippen molar-refractivity contribution in [2.24, 2.45) is 23.2 Å². The first-order valence-corrected chi connectivity index (χ1v) is 9.01. The van der Waals surface area contributed by atoms with Crippen LogP contribution in [0.4, 0.5) is 5.69 Å². The van der Waals surface area contributed by atoms with E-state index in [0.717, 1.165) is 17.8 Å². The van der Waals surface area contributed by atoms with Gasteiger partial charge in [-0.05, 0) is 74.7 Å². The second-order valence-corrected chi connectivity index (χ2v) is 8.25.